The molecule has 1 aromatic heterocycles. The fraction of sp³-hybridized carbons (Fsp3) is 0.500. The molecule has 1 fully saturated rings. The van der Waals surface area contributed by atoms with Crippen molar-refractivity contribution in [1.82, 2.24) is 15.1 Å². The zero-order valence-corrected chi connectivity index (χ0v) is 19.8. The highest BCUT2D eigenvalue weighted by Crippen LogP contribution is 2.43. The Kier molecular flexibility index (Phi) is 6.92. The smallest absolute Gasteiger partial charge is 0.407 e. The maximum Gasteiger partial charge on any atom is 0.407 e. The lowest BCUT2D eigenvalue weighted by molar-refractivity contribution is 0.0504. The van der Waals surface area contributed by atoms with Gasteiger partial charge in [-0.05, 0) is 86.1 Å². The van der Waals surface area contributed by atoms with Gasteiger partial charge in [-0.3, -0.25) is 4.79 Å². The summed E-state index contributed by atoms with van der Waals surface area (Å²) in [5, 5.41) is 7.97. The summed E-state index contributed by atoms with van der Waals surface area (Å²) in [6, 6.07) is 11.0. The molecule has 1 saturated carbocycles. The molecule has 0 aliphatic heterocycles. The molecule has 2 aromatic rings. The third-order valence-electron chi connectivity index (χ3n) is 5.46. The van der Waals surface area contributed by atoms with E-state index >= 15 is 0 Å². The van der Waals surface area contributed by atoms with Crippen LogP contribution < -0.4 is 10.9 Å². The first-order valence-electron chi connectivity index (χ1n) is 10.1. The molecule has 162 valence electrons. The minimum absolute atomic E-state index is 0.0174. The lowest BCUT2D eigenvalue weighted by atomic mass is 9.68. The molecule has 1 N–H and O–H groups in total. The topological polar surface area (TPSA) is 73.2 Å². The monoisotopic (exact) mass is 495 g/mol. The minimum atomic E-state index is -0.557. The Morgan fingerprint density at radius 1 is 1.30 bits per heavy atom. The molecule has 3 rings (SSSR count). The van der Waals surface area contributed by atoms with Crippen LogP contribution in [0.4, 0.5) is 4.79 Å². The molecule has 1 aliphatic carbocycles. The van der Waals surface area contributed by atoms with Gasteiger partial charge in [-0.2, -0.15) is 5.10 Å². The standard InChI is InChI=1S/C22H27BrClN3O3/c1-21(2,3)30-20(29)25-14-22(15-5-4-6-16(24)13-15)11-9-17(10-12-22)27-19(28)8-7-18(23)26-27/h4-8,13,17H,9-12,14H2,1-3H3,(H,25,29). The van der Waals surface area contributed by atoms with Gasteiger partial charge in [-0.15, -0.1) is 0 Å². The van der Waals surface area contributed by atoms with E-state index < -0.39 is 11.7 Å². The number of halogens is 2. The zero-order chi connectivity index (χ0) is 21.9. The highest BCUT2D eigenvalue weighted by atomic mass is 79.9. The molecular weight excluding hydrogens is 470 g/mol. The van der Waals surface area contributed by atoms with Crippen LogP contribution in [-0.2, 0) is 10.2 Å². The third kappa shape index (κ3) is 5.64. The van der Waals surface area contributed by atoms with Crippen molar-refractivity contribution in [1.29, 1.82) is 0 Å². The summed E-state index contributed by atoms with van der Waals surface area (Å²) < 4.78 is 7.62. The van der Waals surface area contributed by atoms with Crippen LogP contribution in [0.3, 0.4) is 0 Å². The minimum Gasteiger partial charge on any atom is -0.444 e. The highest BCUT2D eigenvalue weighted by molar-refractivity contribution is 9.10. The number of benzene rings is 1. The number of carbonyl (C=O) groups excluding carboxylic acids is 1. The Balaban J connectivity index is 1.81. The van der Waals surface area contributed by atoms with E-state index in [0.717, 1.165) is 31.2 Å². The zero-order valence-electron chi connectivity index (χ0n) is 17.5. The van der Waals surface area contributed by atoms with Crippen LogP contribution >= 0.6 is 27.5 Å². The maximum atomic E-state index is 12.3. The summed E-state index contributed by atoms with van der Waals surface area (Å²) in [5.74, 6) is 0. The molecular formula is C22H27BrClN3O3. The molecule has 1 heterocycles. The summed E-state index contributed by atoms with van der Waals surface area (Å²) >= 11 is 9.61. The summed E-state index contributed by atoms with van der Waals surface area (Å²) in [4.78, 5) is 24.6. The van der Waals surface area contributed by atoms with E-state index in [1.54, 1.807) is 10.7 Å². The first-order valence-corrected chi connectivity index (χ1v) is 11.2. The summed E-state index contributed by atoms with van der Waals surface area (Å²) in [6.45, 7) is 5.96. The van der Waals surface area contributed by atoms with Gasteiger partial charge < -0.3 is 10.1 Å². The quantitative estimate of drug-likeness (QED) is 0.628. The molecule has 0 unspecified atom stereocenters. The number of nitrogens with one attached hydrogen (secondary N) is 1. The van der Waals surface area contributed by atoms with Gasteiger partial charge in [0, 0.05) is 23.0 Å². The molecule has 0 spiro atoms. The van der Waals surface area contributed by atoms with Crippen LogP contribution in [0.25, 0.3) is 0 Å². The van der Waals surface area contributed by atoms with Gasteiger partial charge in [0.05, 0.1) is 6.04 Å². The predicted molar refractivity (Wildman–Crippen MR) is 121 cm³/mol. The Morgan fingerprint density at radius 2 is 2.00 bits per heavy atom. The summed E-state index contributed by atoms with van der Waals surface area (Å²) in [5.41, 5.74) is 0.135. The maximum absolute atomic E-state index is 12.3. The highest BCUT2D eigenvalue weighted by Gasteiger charge is 2.38. The molecule has 6 nitrogen and oxygen atoms in total. The van der Waals surface area contributed by atoms with Gasteiger partial charge in [0.15, 0.2) is 0 Å². The second-order valence-electron chi connectivity index (χ2n) is 8.82. The van der Waals surface area contributed by atoms with E-state index in [1.165, 1.54) is 6.07 Å². The van der Waals surface area contributed by atoms with Gasteiger partial charge in [-0.25, -0.2) is 9.48 Å². The number of amides is 1. The van der Waals surface area contributed by atoms with Crippen LogP contribution in [0.5, 0.6) is 0 Å². The number of hydrogen-bond donors (Lipinski definition) is 1. The molecule has 0 saturated heterocycles. The van der Waals surface area contributed by atoms with Crippen molar-refractivity contribution in [2.45, 2.75) is 63.5 Å². The molecule has 1 amide bonds. The lowest BCUT2D eigenvalue weighted by Crippen LogP contribution is -2.45. The Morgan fingerprint density at radius 3 is 2.63 bits per heavy atom. The van der Waals surface area contributed by atoms with Crippen LogP contribution in [0.1, 0.15) is 58.1 Å². The molecule has 1 aliphatic rings. The molecule has 0 bridgehead atoms. The van der Waals surface area contributed by atoms with E-state index in [2.05, 4.69) is 26.3 Å². The van der Waals surface area contributed by atoms with E-state index in [9.17, 15) is 9.59 Å². The second-order valence-corrected chi connectivity index (χ2v) is 10.1. The molecule has 0 atom stereocenters. The van der Waals surface area contributed by atoms with Crippen molar-refractivity contribution in [2.24, 2.45) is 0 Å². The number of hydrogen-bond acceptors (Lipinski definition) is 4. The van der Waals surface area contributed by atoms with Crippen molar-refractivity contribution in [3.8, 4) is 0 Å². The number of aromatic nitrogens is 2. The number of nitrogens with zero attached hydrogens (tertiary/aromatic N) is 2. The second kappa shape index (κ2) is 9.10. The van der Waals surface area contributed by atoms with E-state index in [1.807, 2.05) is 45.0 Å². The Bertz CT molecular complexity index is 963. The Hall–Kier alpha value is -1.86. The van der Waals surface area contributed by atoms with Gasteiger partial charge in [0.25, 0.3) is 5.56 Å². The first kappa shape index (κ1) is 22.8. The van der Waals surface area contributed by atoms with Gasteiger partial charge in [0.2, 0.25) is 0 Å². The Labute approximate surface area is 190 Å². The van der Waals surface area contributed by atoms with Gasteiger partial charge in [0.1, 0.15) is 10.2 Å². The fourth-order valence-electron chi connectivity index (χ4n) is 4.00. The van der Waals surface area contributed by atoms with Crippen LogP contribution in [0.2, 0.25) is 5.02 Å². The van der Waals surface area contributed by atoms with Gasteiger partial charge in [-0.1, -0.05) is 23.7 Å². The molecule has 8 heteroatoms. The molecule has 0 radical (unpaired) electrons. The molecule has 30 heavy (non-hydrogen) atoms. The van der Waals surface area contributed by atoms with Crippen molar-refractivity contribution >= 4 is 33.6 Å². The normalized spacial score (nSPS) is 21.8. The van der Waals surface area contributed by atoms with Crippen molar-refractivity contribution in [3.63, 3.8) is 0 Å². The largest absolute Gasteiger partial charge is 0.444 e. The van der Waals surface area contributed by atoms with E-state index in [4.69, 9.17) is 16.3 Å². The predicted octanol–water partition coefficient (Wildman–Crippen LogP) is 5.24. The SMILES string of the molecule is CC(C)(C)OC(=O)NCC1(c2cccc(Cl)c2)CCC(n2nc(Br)ccc2=O)CC1. The van der Waals surface area contributed by atoms with Crippen molar-refractivity contribution < 1.29 is 9.53 Å². The van der Waals surface area contributed by atoms with E-state index in [0.29, 0.717) is 16.2 Å². The molecule has 1 aromatic carbocycles. The van der Waals surface area contributed by atoms with Crippen LogP contribution in [-0.4, -0.2) is 28.0 Å². The summed E-state index contributed by atoms with van der Waals surface area (Å²) in [6.07, 6.45) is 2.68. The fourth-order valence-corrected chi connectivity index (χ4v) is 4.50. The van der Waals surface area contributed by atoms with Crippen LogP contribution in [0, 0.1) is 0 Å². The van der Waals surface area contributed by atoms with Crippen LogP contribution in [0.15, 0.2) is 45.8 Å². The first-order chi connectivity index (χ1) is 14.1. The third-order valence-corrected chi connectivity index (χ3v) is 6.12. The number of carbonyl (C=O) groups is 1. The van der Waals surface area contributed by atoms with Crippen molar-refractivity contribution in [3.05, 3.63) is 61.9 Å². The number of ether oxygens (including phenoxy) is 1. The van der Waals surface area contributed by atoms with Crippen molar-refractivity contribution in [2.75, 3.05) is 6.54 Å². The van der Waals surface area contributed by atoms with Gasteiger partial charge >= 0.3 is 6.09 Å². The lowest BCUT2D eigenvalue weighted by Gasteiger charge is -2.41. The number of alkyl carbamates (subject to hydrolysis) is 1. The summed E-state index contributed by atoms with van der Waals surface area (Å²) in [7, 11) is 0. The number of rotatable bonds is 4. The average molecular weight is 497 g/mol. The average Bonchev–Trinajstić information content (AvgIpc) is 2.67. The van der Waals surface area contributed by atoms with E-state index in [-0.39, 0.29) is 17.0 Å².